The molecule has 2 heterocycles. The highest BCUT2D eigenvalue weighted by molar-refractivity contribution is 8.04. The van der Waals surface area contributed by atoms with Crippen LogP contribution in [0.4, 0.5) is 5.69 Å². The molecule has 1 saturated heterocycles. The number of non-ortho nitro benzene ring substituents is 1. The molecular weight excluding hydrogens is 356 g/mol. The van der Waals surface area contributed by atoms with Gasteiger partial charge in [-0.2, -0.15) is 0 Å². The molecule has 1 atom stereocenters. The van der Waals surface area contributed by atoms with E-state index in [0.717, 1.165) is 12.8 Å². The van der Waals surface area contributed by atoms with Crippen LogP contribution in [-0.4, -0.2) is 46.1 Å². The van der Waals surface area contributed by atoms with Crippen molar-refractivity contribution in [3.05, 3.63) is 44.8 Å². The van der Waals surface area contributed by atoms with Crippen LogP contribution < -0.4 is 0 Å². The number of hydrogen-bond acceptors (Lipinski definition) is 6. The topological polar surface area (TPSA) is 89.8 Å². The molecule has 0 aromatic heterocycles. The molecule has 1 fully saturated rings. The van der Waals surface area contributed by atoms with Crippen molar-refractivity contribution in [2.75, 3.05) is 13.2 Å². The molecule has 0 radical (unpaired) electrons. The molecule has 2 amide bonds. The number of nitrogens with zero attached hydrogens (tertiary/aromatic N) is 2. The number of carbonyl (C=O) groups is 2. The van der Waals surface area contributed by atoms with Crippen molar-refractivity contribution in [1.82, 2.24) is 4.90 Å². The first-order chi connectivity index (χ1) is 12.4. The molecule has 3 rings (SSSR count). The highest BCUT2D eigenvalue weighted by Gasteiger charge is 2.41. The summed E-state index contributed by atoms with van der Waals surface area (Å²) in [5, 5.41) is 11.0. The van der Waals surface area contributed by atoms with Gasteiger partial charge in [-0.1, -0.05) is 13.8 Å². The summed E-state index contributed by atoms with van der Waals surface area (Å²) in [5.74, 6) is -0.667. The Morgan fingerprint density at radius 1 is 1.27 bits per heavy atom. The second kappa shape index (κ2) is 7.59. The molecule has 0 aliphatic carbocycles. The highest BCUT2D eigenvalue weighted by Crippen LogP contribution is 2.38. The van der Waals surface area contributed by atoms with Crippen LogP contribution in [0.5, 0.6) is 0 Å². The van der Waals surface area contributed by atoms with Gasteiger partial charge in [0.25, 0.3) is 17.5 Å². The Morgan fingerprint density at radius 3 is 2.50 bits per heavy atom. The predicted molar refractivity (Wildman–Crippen MR) is 98.4 cm³/mol. The summed E-state index contributed by atoms with van der Waals surface area (Å²) in [7, 11) is 0. The number of thioether (sulfide) groups is 1. The van der Waals surface area contributed by atoms with E-state index < -0.39 is 4.92 Å². The van der Waals surface area contributed by atoms with E-state index in [0.29, 0.717) is 22.6 Å². The molecule has 2 aliphatic heterocycles. The number of carbonyl (C=O) groups excluding carboxylic acids is 2. The summed E-state index contributed by atoms with van der Waals surface area (Å²) in [4.78, 5) is 37.8. The second-order valence-corrected chi connectivity index (χ2v) is 8.12. The van der Waals surface area contributed by atoms with E-state index in [-0.39, 0.29) is 35.4 Å². The fourth-order valence-corrected chi connectivity index (χ4v) is 4.07. The number of rotatable bonds is 6. The molecule has 2 aliphatic rings. The number of benzene rings is 1. The van der Waals surface area contributed by atoms with Crippen molar-refractivity contribution >= 4 is 34.8 Å². The van der Waals surface area contributed by atoms with Gasteiger partial charge in [-0.3, -0.25) is 24.6 Å². The summed E-state index contributed by atoms with van der Waals surface area (Å²) in [5.41, 5.74) is 0.786. The maximum Gasteiger partial charge on any atom is 0.269 e. The molecule has 1 aromatic carbocycles. The number of nitro benzene ring substituents is 1. The van der Waals surface area contributed by atoms with Gasteiger partial charge in [-0.15, -0.1) is 11.8 Å². The monoisotopic (exact) mass is 376 g/mol. The van der Waals surface area contributed by atoms with E-state index in [1.165, 1.54) is 40.9 Å². The largest absolute Gasteiger partial charge is 0.376 e. The number of ether oxygens (including phenoxy) is 1. The highest BCUT2D eigenvalue weighted by atomic mass is 32.2. The summed E-state index contributed by atoms with van der Waals surface area (Å²) in [6, 6.07) is 5.74. The van der Waals surface area contributed by atoms with E-state index in [2.05, 4.69) is 0 Å². The average Bonchev–Trinajstić information content (AvgIpc) is 3.18. The number of amides is 2. The van der Waals surface area contributed by atoms with Crippen molar-refractivity contribution in [2.24, 2.45) is 0 Å². The first kappa shape index (κ1) is 18.6. The van der Waals surface area contributed by atoms with E-state index in [4.69, 9.17) is 4.74 Å². The molecule has 138 valence electrons. The number of hydrogen-bond donors (Lipinski definition) is 0. The minimum absolute atomic E-state index is 0.0552. The predicted octanol–water partition coefficient (Wildman–Crippen LogP) is 3.00. The number of nitro groups is 1. The van der Waals surface area contributed by atoms with Crippen molar-refractivity contribution in [3.8, 4) is 0 Å². The molecule has 26 heavy (non-hydrogen) atoms. The zero-order valence-electron chi connectivity index (χ0n) is 14.6. The zero-order valence-corrected chi connectivity index (χ0v) is 15.5. The lowest BCUT2D eigenvalue weighted by molar-refractivity contribution is -0.384. The molecular formula is C18H20N2O5S. The van der Waals surface area contributed by atoms with Gasteiger partial charge < -0.3 is 4.74 Å². The third-order valence-corrected chi connectivity index (χ3v) is 5.34. The number of imide groups is 1. The molecule has 1 aromatic rings. The zero-order chi connectivity index (χ0) is 18.8. The molecule has 7 nitrogen and oxygen atoms in total. The van der Waals surface area contributed by atoms with Crippen molar-refractivity contribution in [2.45, 2.75) is 38.0 Å². The van der Waals surface area contributed by atoms with Gasteiger partial charge in [0.15, 0.2) is 0 Å². The molecule has 1 unspecified atom stereocenters. The maximum atomic E-state index is 13.0. The summed E-state index contributed by atoms with van der Waals surface area (Å²) in [6.45, 7) is 4.80. The van der Waals surface area contributed by atoms with Crippen molar-refractivity contribution in [3.63, 3.8) is 0 Å². The van der Waals surface area contributed by atoms with Gasteiger partial charge in [-0.25, -0.2) is 0 Å². The fraction of sp³-hybridized carbons (Fsp3) is 0.444. The van der Waals surface area contributed by atoms with Crippen LogP contribution in [0, 0.1) is 10.1 Å². The standard InChI is InChI=1S/C18H20N2O5S/c1-11(2)26-16-15(12-5-7-13(8-6-12)20(23)24)17(21)19(18(16)22)10-14-4-3-9-25-14/h5-8,11,14H,3-4,9-10H2,1-2H3. The molecule has 0 N–H and O–H groups in total. The SMILES string of the molecule is CC(C)SC1=C(c2ccc([N+](=O)[O-])cc2)C(=O)N(CC2CCCO2)C1=O. The van der Waals surface area contributed by atoms with E-state index >= 15 is 0 Å². The Morgan fingerprint density at radius 2 is 1.96 bits per heavy atom. The van der Waals surface area contributed by atoms with Crippen LogP contribution in [0.1, 0.15) is 32.3 Å². The van der Waals surface area contributed by atoms with Crippen LogP contribution in [-0.2, 0) is 14.3 Å². The molecule has 0 spiro atoms. The lowest BCUT2D eigenvalue weighted by Gasteiger charge is -2.19. The van der Waals surface area contributed by atoms with Crippen LogP contribution >= 0.6 is 11.8 Å². The van der Waals surface area contributed by atoms with Gasteiger partial charge in [0.05, 0.1) is 28.1 Å². The second-order valence-electron chi connectivity index (χ2n) is 6.53. The Bertz CT molecular complexity index is 766. The molecule has 0 bridgehead atoms. The van der Waals surface area contributed by atoms with E-state index in [9.17, 15) is 19.7 Å². The van der Waals surface area contributed by atoms with Crippen LogP contribution in [0.15, 0.2) is 29.2 Å². The average molecular weight is 376 g/mol. The van der Waals surface area contributed by atoms with Crippen LogP contribution in [0.25, 0.3) is 5.57 Å². The van der Waals surface area contributed by atoms with Gasteiger partial charge in [0.1, 0.15) is 0 Å². The molecule has 8 heteroatoms. The van der Waals surface area contributed by atoms with E-state index in [1.807, 2.05) is 13.8 Å². The molecule has 0 saturated carbocycles. The van der Waals surface area contributed by atoms with Crippen molar-refractivity contribution < 1.29 is 19.2 Å². The lowest BCUT2D eigenvalue weighted by atomic mass is 10.1. The van der Waals surface area contributed by atoms with Crippen molar-refractivity contribution in [1.29, 1.82) is 0 Å². The first-order valence-corrected chi connectivity index (χ1v) is 9.40. The third-order valence-electron chi connectivity index (χ3n) is 4.26. The summed E-state index contributed by atoms with van der Waals surface area (Å²) >= 11 is 1.34. The minimum atomic E-state index is -0.493. The maximum absolute atomic E-state index is 13.0. The summed E-state index contributed by atoms with van der Waals surface area (Å²) in [6.07, 6.45) is 1.64. The van der Waals surface area contributed by atoms with Crippen LogP contribution in [0.3, 0.4) is 0 Å². The normalized spacial score (nSPS) is 20.6. The van der Waals surface area contributed by atoms with Gasteiger partial charge in [0, 0.05) is 24.0 Å². The third kappa shape index (κ3) is 3.66. The quantitative estimate of drug-likeness (QED) is 0.431. The Hall–Kier alpha value is -2.19. The first-order valence-electron chi connectivity index (χ1n) is 8.52. The Labute approximate surface area is 155 Å². The van der Waals surface area contributed by atoms with Crippen LogP contribution in [0.2, 0.25) is 0 Å². The fourth-order valence-electron chi connectivity index (χ4n) is 3.06. The Kier molecular flexibility index (Phi) is 5.43. The minimum Gasteiger partial charge on any atom is -0.376 e. The summed E-state index contributed by atoms with van der Waals surface area (Å²) < 4.78 is 5.56. The lowest BCUT2D eigenvalue weighted by Crippen LogP contribution is -2.37. The van der Waals surface area contributed by atoms with E-state index in [1.54, 1.807) is 0 Å². The van der Waals surface area contributed by atoms with Gasteiger partial charge in [-0.05, 0) is 30.5 Å². The smallest absolute Gasteiger partial charge is 0.269 e. The Balaban J connectivity index is 1.94. The van der Waals surface area contributed by atoms with Gasteiger partial charge in [0.2, 0.25) is 0 Å². The van der Waals surface area contributed by atoms with Gasteiger partial charge >= 0.3 is 0 Å².